The van der Waals surface area contributed by atoms with Gasteiger partial charge in [0.2, 0.25) is 0 Å². The van der Waals surface area contributed by atoms with E-state index in [1.807, 2.05) is 42.6 Å². The summed E-state index contributed by atoms with van der Waals surface area (Å²) in [7, 11) is 0. The van der Waals surface area contributed by atoms with E-state index in [1.165, 1.54) is 0 Å². The summed E-state index contributed by atoms with van der Waals surface area (Å²) in [5.41, 5.74) is 10.6. The van der Waals surface area contributed by atoms with Gasteiger partial charge in [-0.3, -0.25) is 0 Å². The molecule has 0 aliphatic carbocycles. The number of nitrogens with zero attached hydrogens (tertiary/aromatic N) is 2. The number of imidazole rings is 1. The van der Waals surface area contributed by atoms with Crippen molar-refractivity contribution < 1.29 is 0 Å². The molecule has 90 valence electrons. The van der Waals surface area contributed by atoms with E-state index in [-0.39, 0.29) is 0 Å². The second-order valence-electron chi connectivity index (χ2n) is 4.25. The third-order valence-electron chi connectivity index (χ3n) is 2.98. The molecule has 1 aromatic carbocycles. The Morgan fingerprint density at radius 1 is 1.22 bits per heavy atom. The Morgan fingerprint density at radius 3 is 2.83 bits per heavy atom. The molecule has 0 bridgehead atoms. The van der Waals surface area contributed by atoms with Gasteiger partial charge in [0.25, 0.3) is 0 Å². The van der Waals surface area contributed by atoms with Crippen LogP contribution in [-0.4, -0.2) is 9.38 Å². The Kier molecular flexibility index (Phi) is 2.59. The van der Waals surface area contributed by atoms with E-state index in [1.54, 1.807) is 0 Å². The van der Waals surface area contributed by atoms with E-state index in [0.29, 0.717) is 0 Å². The first-order chi connectivity index (χ1) is 8.65. The van der Waals surface area contributed by atoms with E-state index >= 15 is 0 Å². The lowest BCUT2D eigenvalue weighted by Gasteiger charge is -2.01. The van der Waals surface area contributed by atoms with Gasteiger partial charge in [-0.15, -0.1) is 0 Å². The summed E-state index contributed by atoms with van der Waals surface area (Å²) in [6.45, 7) is 2.06. The first-order valence-electron chi connectivity index (χ1n) is 5.65. The van der Waals surface area contributed by atoms with Crippen molar-refractivity contribution in [1.82, 2.24) is 9.38 Å². The van der Waals surface area contributed by atoms with E-state index in [9.17, 15) is 0 Å². The first-order valence-corrected chi connectivity index (χ1v) is 6.44. The van der Waals surface area contributed by atoms with Crippen molar-refractivity contribution in [2.24, 2.45) is 0 Å². The van der Waals surface area contributed by atoms with E-state index < -0.39 is 0 Å². The fraction of sp³-hybridized carbons (Fsp3) is 0.0714. The van der Waals surface area contributed by atoms with Crippen LogP contribution in [0.5, 0.6) is 0 Å². The van der Waals surface area contributed by atoms with Gasteiger partial charge in [0.1, 0.15) is 5.65 Å². The minimum atomic E-state index is 0.755. The van der Waals surface area contributed by atoms with Crippen LogP contribution in [0, 0.1) is 6.92 Å². The Balaban J connectivity index is 2.27. The summed E-state index contributed by atoms with van der Waals surface area (Å²) in [5.74, 6) is 0. The molecule has 0 amide bonds. The van der Waals surface area contributed by atoms with Crippen molar-refractivity contribution in [2.75, 3.05) is 5.73 Å². The summed E-state index contributed by atoms with van der Waals surface area (Å²) in [4.78, 5) is 4.65. The van der Waals surface area contributed by atoms with Crippen LogP contribution in [0.2, 0.25) is 0 Å². The fourth-order valence-corrected chi connectivity index (χ4v) is 2.43. The average Bonchev–Trinajstić information content (AvgIpc) is 2.67. The second-order valence-corrected chi connectivity index (χ2v) is 5.16. The number of halogens is 1. The largest absolute Gasteiger partial charge is 0.399 e. The Morgan fingerprint density at radius 2 is 2.06 bits per heavy atom. The van der Waals surface area contributed by atoms with Gasteiger partial charge in [-0.05, 0) is 47.1 Å². The molecule has 0 atom stereocenters. The molecule has 2 N–H and O–H groups in total. The summed E-state index contributed by atoms with van der Waals surface area (Å²) in [5, 5.41) is 0. The minimum absolute atomic E-state index is 0.755. The van der Waals surface area contributed by atoms with Gasteiger partial charge >= 0.3 is 0 Å². The number of rotatable bonds is 1. The molecule has 4 heteroatoms. The first kappa shape index (κ1) is 11.3. The number of aryl methyl sites for hydroxylation is 1. The van der Waals surface area contributed by atoms with Crippen molar-refractivity contribution in [3.05, 3.63) is 52.8 Å². The molecule has 0 saturated carbocycles. The van der Waals surface area contributed by atoms with Crippen molar-refractivity contribution >= 4 is 27.3 Å². The number of fused-ring (bicyclic) bond motifs is 1. The Hall–Kier alpha value is -1.81. The summed E-state index contributed by atoms with van der Waals surface area (Å²) < 4.78 is 3.11. The van der Waals surface area contributed by atoms with Crippen LogP contribution in [0.3, 0.4) is 0 Å². The molecule has 18 heavy (non-hydrogen) atoms. The number of hydrogen-bond acceptors (Lipinski definition) is 2. The Labute approximate surface area is 113 Å². The third-order valence-corrected chi connectivity index (χ3v) is 3.45. The predicted molar refractivity (Wildman–Crippen MR) is 77.5 cm³/mol. The van der Waals surface area contributed by atoms with Crippen molar-refractivity contribution in [3.63, 3.8) is 0 Å². The molecule has 0 radical (unpaired) electrons. The van der Waals surface area contributed by atoms with E-state index in [0.717, 1.165) is 32.8 Å². The number of pyridine rings is 1. The summed E-state index contributed by atoms with van der Waals surface area (Å²) in [6.07, 6.45) is 2.02. The Bertz CT molecular complexity index is 731. The fourth-order valence-electron chi connectivity index (χ4n) is 2.10. The molecule has 3 aromatic rings. The second kappa shape index (κ2) is 4.14. The monoisotopic (exact) mass is 301 g/mol. The van der Waals surface area contributed by atoms with Gasteiger partial charge in [0.05, 0.1) is 5.69 Å². The molecule has 0 unspecified atom stereocenters. The molecule has 0 fully saturated rings. The van der Waals surface area contributed by atoms with E-state index in [2.05, 4.69) is 32.2 Å². The van der Waals surface area contributed by atoms with Crippen LogP contribution in [0.1, 0.15) is 5.69 Å². The molecule has 2 aromatic heterocycles. The highest BCUT2D eigenvalue weighted by Gasteiger charge is 2.10. The van der Waals surface area contributed by atoms with Crippen molar-refractivity contribution in [2.45, 2.75) is 6.92 Å². The number of nitrogen functional groups attached to an aromatic ring is 1. The van der Waals surface area contributed by atoms with Crippen LogP contribution in [0.25, 0.3) is 16.9 Å². The van der Waals surface area contributed by atoms with Crippen LogP contribution < -0.4 is 5.73 Å². The maximum Gasteiger partial charge on any atom is 0.137 e. The zero-order valence-corrected chi connectivity index (χ0v) is 11.5. The highest BCUT2D eigenvalue weighted by atomic mass is 79.9. The number of hydrogen-bond donors (Lipinski definition) is 1. The van der Waals surface area contributed by atoms with Gasteiger partial charge in [0, 0.05) is 27.6 Å². The van der Waals surface area contributed by atoms with Crippen LogP contribution in [0.15, 0.2) is 47.1 Å². The van der Waals surface area contributed by atoms with Gasteiger partial charge in [-0.2, -0.15) is 0 Å². The molecule has 0 saturated heterocycles. The van der Waals surface area contributed by atoms with E-state index in [4.69, 9.17) is 5.73 Å². The van der Waals surface area contributed by atoms with Gasteiger partial charge in [-0.25, -0.2) is 4.98 Å². The molecule has 3 nitrogen and oxygen atoms in total. The summed E-state index contributed by atoms with van der Waals surface area (Å²) >= 11 is 3.48. The van der Waals surface area contributed by atoms with Gasteiger partial charge < -0.3 is 10.1 Å². The van der Waals surface area contributed by atoms with Crippen molar-refractivity contribution in [3.8, 4) is 11.3 Å². The maximum atomic E-state index is 5.82. The molecule has 0 spiro atoms. The third kappa shape index (κ3) is 1.78. The SMILES string of the molecule is Cc1c(-c2cccc(N)c2)nc2ccc(Br)cn12. The highest BCUT2D eigenvalue weighted by Crippen LogP contribution is 2.26. The summed E-state index contributed by atoms with van der Waals surface area (Å²) in [6, 6.07) is 11.8. The van der Waals surface area contributed by atoms with Crippen LogP contribution in [0.4, 0.5) is 5.69 Å². The molecular weight excluding hydrogens is 290 g/mol. The predicted octanol–water partition coefficient (Wildman–Crippen LogP) is 3.65. The number of anilines is 1. The number of aromatic nitrogens is 2. The quantitative estimate of drug-likeness (QED) is 0.697. The molecule has 3 rings (SSSR count). The maximum absolute atomic E-state index is 5.82. The van der Waals surface area contributed by atoms with Crippen molar-refractivity contribution in [1.29, 1.82) is 0 Å². The van der Waals surface area contributed by atoms with Gasteiger partial charge in [0.15, 0.2) is 0 Å². The number of nitrogens with two attached hydrogens (primary N) is 1. The minimum Gasteiger partial charge on any atom is -0.399 e. The lowest BCUT2D eigenvalue weighted by molar-refractivity contribution is 1.10. The normalized spacial score (nSPS) is 11.0. The molecule has 0 aliphatic heterocycles. The lowest BCUT2D eigenvalue weighted by Crippen LogP contribution is -1.88. The van der Waals surface area contributed by atoms with Crippen LogP contribution >= 0.6 is 15.9 Å². The highest BCUT2D eigenvalue weighted by molar-refractivity contribution is 9.10. The topological polar surface area (TPSA) is 43.3 Å². The zero-order valence-electron chi connectivity index (χ0n) is 9.89. The zero-order chi connectivity index (χ0) is 12.7. The lowest BCUT2D eigenvalue weighted by atomic mass is 10.1. The standard InChI is InChI=1S/C14H12BrN3/c1-9-14(10-3-2-4-12(16)7-10)17-13-6-5-11(15)8-18(9)13/h2-8H,16H2,1H3. The smallest absolute Gasteiger partial charge is 0.137 e. The number of benzene rings is 1. The molecule has 0 aliphatic rings. The van der Waals surface area contributed by atoms with Gasteiger partial charge in [-0.1, -0.05) is 12.1 Å². The average molecular weight is 302 g/mol. The van der Waals surface area contributed by atoms with Crippen LogP contribution in [-0.2, 0) is 0 Å². The molecular formula is C14H12BrN3. The molecule has 2 heterocycles.